The van der Waals surface area contributed by atoms with E-state index in [0.717, 1.165) is 0 Å². The van der Waals surface area contributed by atoms with Gasteiger partial charge in [-0.1, -0.05) is 43.6 Å². The van der Waals surface area contributed by atoms with E-state index in [1.165, 1.54) is 12.1 Å². The van der Waals surface area contributed by atoms with E-state index in [-0.39, 0.29) is 22.4 Å². The van der Waals surface area contributed by atoms with Crippen LogP contribution in [-0.2, 0) is 9.53 Å². The third-order valence-electron chi connectivity index (χ3n) is 4.34. The Hall–Kier alpha value is -3.10. The highest BCUT2D eigenvalue weighted by atomic mass is 35.5. The van der Waals surface area contributed by atoms with Crippen LogP contribution in [0.25, 0.3) is 0 Å². The topological polar surface area (TPSA) is 109 Å². The number of amides is 4. The number of para-hydroxylation sites is 1. The first-order chi connectivity index (χ1) is 14.8. The van der Waals surface area contributed by atoms with E-state index in [2.05, 4.69) is 21.3 Å². The number of anilines is 2. The van der Waals surface area contributed by atoms with Gasteiger partial charge in [0.05, 0.1) is 17.2 Å². The molecular weight excluding hydrogens is 420 g/mol. The Bertz CT molecular complexity index is 906. The molecule has 0 radical (unpaired) electrons. The van der Waals surface area contributed by atoms with Crippen LogP contribution in [0.2, 0.25) is 5.02 Å². The maximum Gasteiger partial charge on any atom is 0.319 e. The van der Waals surface area contributed by atoms with Crippen LogP contribution in [0, 0.1) is 5.92 Å². The quantitative estimate of drug-likeness (QED) is 0.442. The predicted octanol–water partition coefficient (Wildman–Crippen LogP) is 3.50. The Balaban J connectivity index is 2.01. The highest BCUT2D eigenvalue weighted by molar-refractivity contribution is 6.34. The summed E-state index contributed by atoms with van der Waals surface area (Å²) in [7, 11) is 1.54. The lowest BCUT2D eigenvalue weighted by Crippen LogP contribution is -2.48. The lowest BCUT2D eigenvalue weighted by molar-refractivity contribution is -0.118. The molecule has 0 saturated carbocycles. The summed E-state index contributed by atoms with van der Waals surface area (Å²) in [6, 6.07) is 12.3. The van der Waals surface area contributed by atoms with Gasteiger partial charge in [-0.2, -0.15) is 0 Å². The number of carbonyl (C=O) groups excluding carboxylic acids is 3. The van der Waals surface area contributed by atoms with Crippen molar-refractivity contribution in [2.24, 2.45) is 5.92 Å². The number of rotatable bonds is 9. The van der Waals surface area contributed by atoms with E-state index in [1.54, 1.807) is 37.4 Å². The second-order valence-electron chi connectivity index (χ2n) is 7.12. The second kappa shape index (κ2) is 11.9. The first kappa shape index (κ1) is 24.2. The molecule has 0 aliphatic rings. The number of hydrogen-bond donors (Lipinski definition) is 4. The molecule has 8 nitrogen and oxygen atoms in total. The monoisotopic (exact) mass is 446 g/mol. The number of nitrogens with one attached hydrogen (secondary N) is 4. The number of urea groups is 1. The zero-order valence-corrected chi connectivity index (χ0v) is 18.5. The van der Waals surface area contributed by atoms with Crippen molar-refractivity contribution < 1.29 is 19.1 Å². The number of carbonyl (C=O) groups is 3. The van der Waals surface area contributed by atoms with E-state index >= 15 is 0 Å². The lowest BCUT2D eigenvalue weighted by Gasteiger charge is -2.22. The van der Waals surface area contributed by atoms with Crippen molar-refractivity contribution in [2.75, 3.05) is 30.9 Å². The fraction of sp³-hybridized carbons (Fsp3) is 0.318. The minimum atomic E-state index is -0.778. The molecule has 166 valence electrons. The summed E-state index contributed by atoms with van der Waals surface area (Å²) in [4.78, 5) is 37.2. The molecule has 0 bridgehead atoms. The van der Waals surface area contributed by atoms with Gasteiger partial charge in [0, 0.05) is 25.0 Å². The van der Waals surface area contributed by atoms with Crippen LogP contribution in [0.4, 0.5) is 16.2 Å². The standard InChI is InChI=1S/C22H27ClN4O4/c1-14(2)19(27-22(30)26-15-7-5-4-6-8-15)21(29)25-16-9-10-17(18(23)13-16)20(28)24-11-12-31-3/h4-10,13-14,19H,11-12H2,1-3H3,(H,24,28)(H,25,29)(H2,26,27,30). The number of halogens is 1. The Kier molecular flexibility index (Phi) is 9.30. The summed E-state index contributed by atoms with van der Waals surface area (Å²) < 4.78 is 4.89. The average Bonchev–Trinajstić information content (AvgIpc) is 2.72. The zero-order chi connectivity index (χ0) is 22.8. The summed E-state index contributed by atoms with van der Waals surface area (Å²) in [5.74, 6) is -0.895. The number of ether oxygens (including phenoxy) is 1. The Morgan fingerprint density at radius 1 is 1.00 bits per heavy atom. The third-order valence-corrected chi connectivity index (χ3v) is 4.65. The number of methoxy groups -OCH3 is 1. The summed E-state index contributed by atoms with van der Waals surface area (Å²) in [6.07, 6.45) is 0. The lowest BCUT2D eigenvalue weighted by atomic mass is 10.0. The molecule has 4 amide bonds. The summed E-state index contributed by atoms with van der Waals surface area (Å²) in [6.45, 7) is 4.40. The zero-order valence-electron chi connectivity index (χ0n) is 17.7. The molecule has 0 fully saturated rings. The van der Waals surface area contributed by atoms with Crippen LogP contribution >= 0.6 is 11.6 Å². The van der Waals surface area contributed by atoms with Gasteiger partial charge in [-0.15, -0.1) is 0 Å². The molecule has 0 saturated heterocycles. The van der Waals surface area contributed by atoms with Gasteiger partial charge in [0.1, 0.15) is 6.04 Å². The van der Waals surface area contributed by atoms with E-state index in [4.69, 9.17) is 16.3 Å². The van der Waals surface area contributed by atoms with Crippen LogP contribution in [0.1, 0.15) is 24.2 Å². The van der Waals surface area contributed by atoms with Crippen molar-refractivity contribution in [3.05, 3.63) is 59.1 Å². The van der Waals surface area contributed by atoms with Crippen molar-refractivity contribution in [2.45, 2.75) is 19.9 Å². The van der Waals surface area contributed by atoms with Gasteiger partial charge in [0.25, 0.3) is 5.91 Å². The first-order valence-corrected chi connectivity index (χ1v) is 10.2. The van der Waals surface area contributed by atoms with Crippen molar-refractivity contribution in [3.8, 4) is 0 Å². The summed E-state index contributed by atoms with van der Waals surface area (Å²) in [5, 5.41) is 11.0. The Labute approximate surface area is 186 Å². The van der Waals surface area contributed by atoms with E-state index < -0.39 is 18.0 Å². The molecular formula is C22H27ClN4O4. The van der Waals surface area contributed by atoms with Gasteiger partial charge in [0.15, 0.2) is 0 Å². The highest BCUT2D eigenvalue weighted by Crippen LogP contribution is 2.21. The summed E-state index contributed by atoms with van der Waals surface area (Å²) in [5.41, 5.74) is 1.32. The molecule has 9 heteroatoms. The Morgan fingerprint density at radius 3 is 2.32 bits per heavy atom. The van der Waals surface area contributed by atoms with Crippen molar-refractivity contribution in [1.82, 2.24) is 10.6 Å². The van der Waals surface area contributed by atoms with Crippen LogP contribution < -0.4 is 21.3 Å². The first-order valence-electron chi connectivity index (χ1n) is 9.82. The van der Waals surface area contributed by atoms with Gasteiger partial charge >= 0.3 is 6.03 Å². The largest absolute Gasteiger partial charge is 0.383 e. The van der Waals surface area contributed by atoms with Crippen LogP contribution in [0.5, 0.6) is 0 Å². The van der Waals surface area contributed by atoms with Crippen molar-refractivity contribution in [3.63, 3.8) is 0 Å². The smallest absolute Gasteiger partial charge is 0.319 e. The van der Waals surface area contributed by atoms with E-state index in [9.17, 15) is 14.4 Å². The summed E-state index contributed by atoms with van der Waals surface area (Å²) >= 11 is 6.21. The third kappa shape index (κ3) is 7.58. The molecule has 0 heterocycles. The molecule has 2 aromatic rings. The second-order valence-corrected chi connectivity index (χ2v) is 7.53. The molecule has 1 unspecified atom stereocenters. The maximum absolute atomic E-state index is 12.8. The van der Waals surface area contributed by atoms with Gasteiger partial charge in [0.2, 0.25) is 5.91 Å². The van der Waals surface area contributed by atoms with Gasteiger partial charge in [-0.05, 0) is 36.2 Å². The van der Waals surface area contributed by atoms with Crippen molar-refractivity contribution >= 4 is 40.8 Å². The highest BCUT2D eigenvalue weighted by Gasteiger charge is 2.24. The number of benzene rings is 2. The van der Waals surface area contributed by atoms with E-state index in [1.807, 2.05) is 19.9 Å². The van der Waals surface area contributed by atoms with Gasteiger partial charge < -0.3 is 26.0 Å². The normalized spacial score (nSPS) is 11.5. The molecule has 31 heavy (non-hydrogen) atoms. The van der Waals surface area contributed by atoms with E-state index in [0.29, 0.717) is 24.5 Å². The molecule has 2 rings (SSSR count). The molecule has 0 aliphatic carbocycles. The number of hydrogen-bond acceptors (Lipinski definition) is 4. The van der Waals surface area contributed by atoms with Gasteiger partial charge in [-0.25, -0.2) is 4.79 Å². The molecule has 0 aliphatic heterocycles. The predicted molar refractivity (Wildman–Crippen MR) is 122 cm³/mol. The molecule has 1 atom stereocenters. The van der Waals surface area contributed by atoms with Crippen molar-refractivity contribution in [1.29, 1.82) is 0 Å². The molecule has 0 aromatic heterocycles. The molecule has 4 N–H and O–H groups in total. The SMILES string of the molecule is COCCNC(=O)c1ccc(NC(=O)C(NC(=O)Nc2ccccc2)C(C)C)cc1Cl. The molecule has 2 aromatic carbocycles. The van der Waals surface area contributed by atoms with Gasteiger partial charge in [-0.3, -0.25) is 9.59 Å². The fourth-order valence-corrected chi connectivity index (χ4v) is 2.99. The van der Waals surface area contributed by atoms with Crippen LogP contribution in [-0.4, -0.2) is 44.1 Å². The Morgan fingerprint density at radius 2 is 1.71 bits per heavy atom. The fourth-order valence-electron chi connectivity index (χ4n) is 2.72. The van der Waals surface area contributed by atoms with Crippen LogP contribution in [0.15, 0.2) is 48.5 Å². The molecule has 0 spiro atoms. The minimum absolute atomic E-state index is 0.164. The maximum atomic E-state index is 12.8. The van der Waals surface area contributed by atoms with Crippen LogP contribution in [0.3, 0.4) is 0 Å². The minimum Gasteiger partial charge on any atom is -0.383 e. The average molecular weight is 447 g/mol.